The number of furan rings is 1. The van der Waals surface area contributed by atoms with Crippen molar-refractivity contribution in [2.24, 2.45) is 10.2 Å². The van der Waals surface area contributed by atoms with Crippen LogP contribution in [-0.4, -0.2) is 22.5 Å². The average Bonchev–Trinajstić information content (AvgIpc) is 3.30. The highest BCUT2D eigenvalue weighted by Crippen LogP contribution is 2.25. The molecule has 146 valence electrons. The molecule has 5 nitrogen and oxygen atoms in total. The van der Waals surface area contributed by atoms with Gasteiger partial charge < -0.3 is 9.73 Å². The maximum Gasteiger partial charge on any atom is 0.239 e. The summed E-state index contributed by atoms with van der Waals surface area (Å²) < 4.78 is 5.75. The van der Waals surface area contributed by atoms with Gasteiger partial charge in [0.2, 0.25) is 5.91 Å². The molecule has 0 spiro atoms. The van der Waals surface area contributed by atoms with Crippen molar-refractivity contribution in [2.75, 3.05) is 0 Å². The molecule has 1 aromatic heterocycles. The van der Waals surface area contributed by atoms with Gasteiger partial charge in [0.05, 0.1) is 11.5 Å². The van der Waals surface area contributed by atoms with Crippen molar-refractivity contribution in [3.63, 3.8) is 0 Å². The summed E-state index contributed by atoms with van der Waals surface area (Å²) in [5.74, 6) is 1.25. The summed E-state index contributed by atoms with van der Waals surface area (Å²) in [6, 6.07) is 19.3. The molecular formula is C22H18ClN3O2S. The van der Waals surface area contributed by atoms with E-state index in [-0.39, 0.29) is 11.2 Å². The average molecular weight is 424 g/mol. The predicted octanol–water partition coefficient (Wildman–Crippen LogP) is 5.07. The number of aryl methyl sites for hydroxylation is 1. The predicted molar refractivity (Wildman–Crippen MR) is 119 cm³/mol. The van der Waals surface area contributed by atoms with E-state index in [9.17, 15) is 4.79 Å². The molecule has 29 heavy (non-hydrogen) atoms. The SMILES string of the molecule is Cc1cccc(CC2SC(=NN=Cc3ccc(-c4ccc(Cl)cc4)o3)NC2=O)c1. The Morgan fingerprint density at radius 3 is 2.79 bits per heavy atom. The molecule has 2 heterocycles. The van der Waals surface area contributed by atoms with Crippen LogP contribution in [-0.2, 0) is 11.2 Å². The molecule has 0 saturated carbocycles. The highest BCUT2D eigenvalue weighted by Gasteiger charge is 2.30. The standard InChI is InChI=1S/C22H18ClN3O2S/c1-14-3-2-4-15(11-14)12-20-21(27)25-22(29-20)26-24-13-18-9-10-19(28-18)16-5-7-17(23)8-6-16/h2-11,13,20H,12H2,1H3,(H,25,26,27). The number of carbonyl (C=O) groups is 1. The molecule has 1 amide bonds. The fourth-order valence-corrected chi connectivity index (χ4v) is 4.06. The molecule has 7 heteroatoms. The minimum Gasteiger partial charge on any atom is -0.455 e. The van der Waals surface area contributed by atoms with E-state index in [0.29, 0.717) is 22.4 Å². The fourth-order valence-electron chi connectivity index (χ4n) is 2.97. The third kappa shape index (κ3) is 4.96. The van der Waals surface area contributed by atoms with E-state index in [1.54, 1.807) is 0 Å². The molecule has 1 aliphatic rings. The molecule has 2 aromatic carbocycles. The highest BCUT2D eigenvalue weighted by molar-refractivity contribution is 8.15. The van der Waals surface area contributed by atoms with Crippen molar-refractivity contribution in [3.8, 4) is 11.3 Å². The van der Waals surface area contributed by atoms with Crippen LogP contribution in [0.2, 0.25) is 5.02 Å². The molecule has 1 N–H and O–H groups in total. The van der Waals surface area contributed by atoms with Crippen LogP contribution in [0.3, 0.4) is 0 Å². The summed E-state index contributed by atoms with van der Waals surface area (Å²) in [5.41, 5.74) is 3.24. The van der Waals surface area contributed by atoms with Gasteiger partial charge >= 0.3 is 0 Å². The second-order valence-corrected chi connectivity index (χ2v) is 8.28. The van der Waals surface area contributed by atoms with E-state index in [4.69, 9.17) is 16.0 Å². The molecule has 1 aliphatic heterocycles. The van der Waals surface area contributed by atoms with Crippen molar-refractivity contribution in [1.82, 2.24) is 5.32 Å². The van der Waals surface area contributed by atoms with Gasteiger partial charge in [-0.2, -0.15) is 5.10 Å². The van der Waals surface area contributed by atoms with Gasteiger partial charge in [-0.3, -0.25) is 4.79 Å². The van der Waals surface area contributed by atoms with E-state index in [1.165, 1.54) is 23.5 Å². The summed E-state index contributed by atoms with van der Waals surface area (Å²) in [5, 5.41) is 11.9. The van der Waals surface area contributed by atoms with E-state index in [2.05, 4.69) is 21.6 Å². The minimum atomic E-state index is -0.203. The lowest BCUT2D eigenvalue weighted by Gasteiger charge is -2.05. The molecule has 1 saturated heterocycles. The molecule has 1 atom stereocenters. The van der Waals surface area contributed by atoms with Gasteiger partial charge in [-0.25, -0.2) is 0 Å². The van der Waals surface area contributed by atoms with Crippen molar-refractivity contribution in [1.29, 1.82) is 0 Å². The van der Waals surface area contributed by atoms with Crippen LogP contribution in [0.15, 0.2) is 75.3 Å². The van der Waals surface area contributed by atoms with Gasteiger partial charge in [0.25, 0.3) is 0 Å². The van der Waals surface area contributed by atoms with E-state index in [1.807, 2.05) is 61.5 Å². The number of nitrogens with one attached hydrogen (secondary N) is 1. The van der Waals surface area contributed by atoms with Crippen LogP contribution in [0.25, 0.3) is 11.3 Å². The lowest BCUT2D eigenvalue weighted by Crippen LogP contribution is -2.25. The number of hydrogen-bond donors (Lipinski definition) is 1. The zero-order valence-electron chi connectivity index (χ0n) is 15.6. The van der Waals surface area contributed by atoms with Crippen molar-refractivity contribution < 1.29 is 9.21 Å². The Bertz CT molecular complexity index is 1090. The number of carbonyl (C=O) groups excluding carboxylic acids is 1. The third-order valence-electron chi connectivity index (χ3n) is 4.37. The maximum absolute atomic E-state index is 12.2. The molecule has 3 aromatic rings. The third-order valence-corrected chi connectivity index (χ3v) is 5.69. The first-order valence-electron chi connectivity index (χ1n) is 9.07. The number of rotatable bonds is 5. The normalized spacial score (nSPS) is 17.9. The minimum absolute atomic E-state index is 0.0477. The van der Waals surface area contributed by atoms with E-state index in [0.717, 1.165) is 16.9 Å². The number of hydrogen-bond acceptors (Lipinski definition) is 5. The maximum atomic E-state index is 12.2. The summed E-state index contributed by atoms with van der Waals surface area (Å²) in [6.45, 7) is 2.04. The van der Waals surface area contributed by atoms with Crippen molar-refractivity contribution in [2.45, 2.75) is 18.6 Å². The smallest absolute Gasteiger partial charge is 0.239 e. The lowest BCUT2D eigenvalue weighted by molar-refractivity contribution is -0.118. The van der Waals surface area contributed by atoms with Gasteiger partial charge in [0, 0.05) is 10.6 Å². The topological polar surface area (TPSA) is 67.0 Å². The van der Waals surface area contributed by atoms with Crippen LogP contribution < -0.4 is 5.32 Å². The van der Waals surface area contributed by atoms with Crippen LogP contribution in [0.5, 0.6) is 0 Å². The van der Waals surface area contributed by atoms with Crippen molar-refractivity contribution in [3.05, 3.63) is 82.6 Å². The van der Waals surface area contributed by atoms with Crippen LogP contribution in [0.4, 0.5) is 0 Å². The first kappa shape index (κ1) is 19.5. The lowest BCUT2D eigenvalue weighted by atomic mass is 10.1. The summed E-state index contributed by atoms with van der Waals surface area (Å²) in [4.78, 5) is 12.2. The molecule has 0 radical (unpaired) electrons. The Balaban J connectivity index is 1.38. The second-order valence-electron chi connectivity index (χ2n) is 6.65. The zero-order valence-corrected chi connectivity index (χ0v) is 17.2. The van der Waals surface area contributed by atoms with Crippen molar-refractivity contribution >= 4 is 40.7 Å². The van der Waals surface area contributed by atoms with Crippen LogP contribution in [0, 0.1) is 6.92 Å². The fraction of sp³-hybridized carbons (Fsp3) is 0.136. The second kappa shape index (κ2) is 8.68. The number of thioether (sulfide) groups is 1. The van der Waals surface area contributed by atoms with Gasteiger partial charge in [-0.05, 0) is 55.3 Å². The van der Waals surface area contributed by atoms with Gasteiger partial charge in [0.15, 0.2) is 5.17 Å². The van der Waals surface area contributed by atoms with Gasteiger partial charge in [0.1, 0.15) is 11.5 Å². The Morgan fingerprint density at radius 2 is 2.00 bits per heavy atom. The number of amidine groups is 1. The Morgan fingerprint density at radius 1 is 1.17 bits per heavy atom. The zero-order chi connectivity index (χ0) is 20.2. The number of halogens is 1. The van der Waals surface area contributed by atoms with E-state index >= 15 is 0 Å². The summed E-state index contributed by atoms with van der Waals surface area (Å²) in [6.07, 6.45) is 2.18. The Hall–Kier alpha value is -2.83. The quantitative estimate of drug-likeness (QED) is 0.460. The van der Waals surface area contributed by atoms with E-state index < -0.39 is 0 Å². The summed E-state index contributed by atoms with van der Waals surface area (Å²) >= 11 is 7.30. The summed E-state index contributed by atoms with van der Waals surface area (Å²) in [7, 11) is 0. The Labute approximate surface area is 177 Å². The van der Waals surface area contributed by atoms with Gasteiger partial charge in [-0.1, -0.05) is 53.2 Å². The van der Waals surface area contributed by atoms with Crippen LogP contribution >= 0.6 is 23.4 Å². The molecular weight excluding hydrogens is 406 g/mol. The monoisotopic (exact) mass is 423 g/mol. The molecule has 1 unspecified atom stereocenters. The first-order chi connectivity index (χ1) is 14.1. The molecule has 0 aliphatic carbocycles. The van der Waals surface area contributed by atoms with Crippen LogP contribution in [0.1, 0.15) is 16.9 Å². The first-order valence-corrected chi connectivity index (χ1v) is 10.3. The molecule has 4 rings (SSSR count). The number of amides is 1. The molecule has 1 fully saturated rings. The molecule has 0 bridgehead atoms. The number of nitrogens with zero attached hydrogens (tertiary/aromatic N) is 2. The number of benzene rings is 2. The largest absolute Gasteiger partial charge is 0.455 e. The Kier molecular flexibility index (Phi) is 5.83. The highest BCUT2D eigenvalue weighted by atomic mass is 35.5. The van der Waals surface area contributed by atoms with Gasteiger partial charge in [-0.15, -0.1) is 5.10 Å².